The second-order valence-corrected chi connectivity index (χ2v) is 6.96. The van der Waals surface area contributed by atoms with E-state index < -0.39 is 0 Å². The Bertz CT molecular complexity index is 828. The van der Waals surface area contributed by atoms with Crippen molar-refractivity contribution in [2.24, 2.45) is 5.92 Å². The van der Waals surface area contributed by atoms with Crippen LogP contribution in [0.15, 0.2) is 18.2 Å². The van der Waals surface area contributed by atoms with Gasteiger partial charge in [0.15, 0.2) is 22.1 Å². The van der Waals surface area contributed by atoms with Crippen molar-refractivity contribution in [3.05, 3.63) is 28.8 Å². The van der Waals surface area contributed by atoms with Gasteiger partial charge in [-0.15, -0.1) is 0 Å². The van der Waals surface area contributed by atoms with Gasteiger partial charge < -0.3 is 9.47 Å². The van der Waals surface area contributed by atoms with E-state index in [4.69, 9.17) is 21.7 Å². The molecule has 1 saturated carbocycles. The summed E-state index contributed by atoms with van der Waals surface area (Å²) in [6.07, 6.45) is 3.66. The maximum atomic E-state index is 5.69. The van der Waals surface area contributed by atoms with Crippen LogP contribution in [-0.2, 0) is 0 Å². The van der Waals surface area contributed by atoms with E-state index >= 15 is 0 Å². The van der Waals surface area contributed by atoms with Crippen LogP contribution in [0.3, 0.4) is 0 Å². The summed E-state index contributed by atoms with van der Waals surface area (Å²) in [5, 5.41) is 7.40. The summed E-state index contributed by atoms with van der Waals surface area (Å²) in [5.41, 5.74) is 7.72. The number of H-pyrrole nitrogens is 1. The molecule has 1 saturated heterocycles. The molecule has 2 fully saturated rings. The van der Waals surface area contributed by atoms with Crippen molar-refractivity contribution in [1.82, 2.24) is 25.6 Å². The van der Waals surface area contributed by atoms with E-state index in [2.05, 4.69) is 21.0 Å². The third-order valence-corrected chi connectivity index (χ3v) is 5.19. The number of nitrogens with zero attached hydrogens (tertiary/aromatic N) is 2. The van der Waals surface area contributed by atoms with E-state index in [9.17, 15) is 0 Å². The first kappa shape index (κ1) is 14.4. The number of benzene rings is 1. The zero-order valence-corrected chi connectivity index (χ0v) is 13.9. The quantitative estimate of drug-likeness (QED) is 0.739. The average molecular weight is 345 g/mol. The van der Waals surface area contributed by atoms with Crippen LogP contribution in [0.25, 0.3) is 5.69 Å². The van der Waals surface area contributed by atoms with Crippen LogP contribution in [0.5, 0.6) is 11.5 Å². The number of hydrogen-bond acceptors (Lipinski definition) is 6. The summed E-state index contributed by atoms with van der Waals surface area (Å²) in [4.78, 5) is 0. The first-order valence-electron chi connectivity index (χ1n) is 8.38. The molecule has 126 valence electrons. The normalized spacial score (nSPS) is 25.8. The Hall–Kier alpha value is -1.90. The molecule has 3 aliphatic rings. The fraction of sp³-hybridized carbons (Fsp3) is 0.500. The molecule has 1 aromatic carbocycles. The Morgan fingerprint density at radius 2 is 1.96 bits per heavy atom. The maximum Gasteiger partial charge on any atom is 0.199 e. The Balaban J connectivity index is 1.50. The van der Waals surface area contributed by atoms with Crippen molar-refractivity contribution < 1.29 is 9.47 Å². The summed E-state index contributed by atoms with van der Waals surface area (Å²) < 4.78 is 13.8. The van der Waals surface area contributed by atoms with Gasteiger partial charge in [-0.05, 0) is 49.5 Å². The monoisotopic (exact) mass is 345 g/mol. The van der Waals surface area contributed by atoms with Gasteiger partial charge in [0.1, 0.15) is 13.2 Å². The third kappa shape index (κ3) is 2.42. The number of aromatic nitrogens is 3. The van der Waals surface area contributed by atoms with E-state index in [-0.39, 0.29) is 6.04 Å². The van der Waals surface area contributed by atoms with E-state index in [1.807, 2.05) is 22.8 Å². The van der Waals surface area contributed by atoms with Gasteiger partial charge in [-0.1, -0.05) is 0 Å². The molecule has 2 atom stereocenters. The fourth-order valence-corrected chi connectivity index (χ4v) is 3.77. The predicted octanol–water partition coefficient (Wildman–Crippen LogP) is 2.02. The molecular formula is C16H19N5O2S. The molecule has 1 aromatic heterocycles. The van der Waals surface area contributed by atoms with E-state index in [1.165, 1.54) is 12.8 Å². The maximum absolute atomic E-state index is 5.69. The van der Waals surface area contributed by atoms with Crippen molar-refractivity contribution in [2.75, 3.05) is 13.2 Å². The number of hydrogen-bond donors (Lipinski definition) is 3. The topological polar surface area (TPSA) is 76.1 Å². The second kappa shape index (κ2) is 5.58. The van der Waals surface area contributed by atoms with Crippen molar-refractivity contribution >= 4 is 12.2 Å². The number of nitrogens with one attached hydrogen (secondary N) is 3. The van der Waals surface area contributed by atoms with Crippen molar-refractivity contribution in [3.8, 4) is 17.2 Å². The minimum absolute atomic E-state index is 0.136. The summed E-state index contributed by atoms with van der Waals surface area (Å²) in [6.45, 7) is 1.15. The highest BCUT2D eigenvalue weighted by Gasteiger charge is 2.38. The number of hydrazine groups is 1. The van der Waals surface area contributed by atoms with Gasteiger partial charge in [-0.3, -0.25) is 15.1 Å². The highest BCUT2D eigenvalue weighted by Crippen LogP contribution is 2.39. The van der Waals surface area contributed by atoms with Crippen LogP contribution in [0.1, 0.15) is 31.1 Å². The molecule has 2 unspecified atom stereocenters. The van der Waals surface area contributed by atoms with Gasteiger partial charge in [0.25, 0.3) is 0 Å². The van der Waals surface area contributed by atoms with Crippen LogP contribution < -0.4 is 20.3 Å². The van der Waals surface area contributed by atoms with Crippen LogP contribution in [0.4, 0.5) is 0 Å². The summed E-state index contributed by atoms with van der Waals surface area (Å²) in [5.74, 6) is 3.22. The van der Waals surface area contributed by atoms with Crippen LogP contribution in [0, 0.1) is 10.7 Å². The lowest BCUT2D eigenvalue weighted by atomic mass is 10.1. The molecule has 0 bridgehead atoms. The lowest BCUT2D eigenvalue weighted by Gasteiger charge is -2.19. The molecule has 2 aromatic rings. The molecular weight excluding hydrogens is 326 g/mol. The largest absolute Gasteiger partial charge is 0.486 e. The van der Waals surface area contributed by atoms with E-state index in [1.54, 1.807) is 0 Å². The minimum atomic E-state index is 0.136. The fourth-order valence-electron chi connectivity index (χ4n) is 3.52. The molecule has 0 spiro atoms. The zero-order chi connectivity index (χ0) is 16.1. The van der Waals surface area contributed by atoms with Gasteiger partial charge >= 0.3 is 0 Å². The molecule has 3 heterocycles. The van der Waals surface area contributed by atoms with Crippen LogP contribution in [0.2, 0.25) is 0 Å². The average Bonchev–Trinajstić information content (AvgIpc) is 3.22. The van der Waals surface area contributed by atoms with Gasteiger partial charge in [-0.2, -0.15) is 5.10 Å². The number of ether oxygens (including phenoxy) is 2. The van der Waals surface area contributed by atoms with E-state index in [0.29, 0.717) is 24.0 Å². The smallest absolute Gasteiger partial charge is 0.199 e. The molecule has 24 heavy (non-hydrogen) atoms. The minimum Gasteiger partial charge on any atom is -0.486 e. The predicted molar refractivity (Wildman–Crippen MR) is 89.9 cm³/mol. The van der Waals surface area contributed by atoms with Crippen LogP contribution >= 0.6 is 12.2 Å². The van der Waals surface area contributed by atoms with E-state index in [0.717, 1.165) is 35.3 Å². The first-order chi connectivity index (χ1) is 11.8. The highest BCUT2D eigenvalue weighted by atomic mass is 32.1. The summed E-state index contributed by atoms with van der Waals surface area (Å²) in [7, 11) is 0. The number of rotatable bonds is 3. The lowest BCUT2D eigenvalue weighted by molar-refractivity contribution is 0.171. The van der Waals surface area contributed by atoms with Crippen LogP contribution in [-0.4, -0.2) is 34.0 Å². The Morgan fingerprint density at radius 3 is 2.79 bits per heavy atom. The molecule has 7 nitrogen and oxygen atoms in total. The number of fused-ring (bicyclic) bond motifs is 1. The number of aromatic amines is 1. The Morgan fingerprint density at radius 1 is 1.12 bits per heavy atom. The van der Waals surface area contributed by atoms with Gasteiger partial charge in [0.05, 0.1) is 11.7 Å². The third-order valence-electron chi connectivity index (χ3n) is 4.92. The zero-order valence-electron chi connectivity index (χ0n) is 13.1. The first-order valence-corrected chi connectivity index (χ1v) is 8.79. The molecule has 2 aliphatic heterocycles. The summed E-state index contributed by atoms with van der Waals surface area (Å²) >= 11 is 5.46. The molecule has 3 N–H and O–H groups in total. The van der Waals surface area contributed by atoms with Gasteiger partial charge in [-0.25, -0.2) is 5.43 Å². The van der Waals surface area contributed by atoms with Gasteiger partial charge in [0, 0.05) is 12.1 Å². The molecule has 5 rings (SSSR count). The molecule has 8 heteroatoms. The Labute approximate surface area is 144 Å². The van der Waals surface area contributed by atoms with Crippen molar-refractivity contribution in [3.63, 3.8) is 0 Å². The standard InChI is InChI=1S/C16H19N5O2S/c24-16-20-19-15(12-8-11(17-18-12)9-1-2-9)21(16)10-3-4-13-14(7-10)23-6-5-22-13/h3-4,7,9,11-12,17-18H,1-2,5-6,8H2,(H,20,24). The van der Waals surface area contributed by atoms with Gasteiger partial charge in [0.2, 0.25) is 0 Å². The molecule has 0 radical (unpaired) electrons. The lowest BCUT2D eigenvalue weighted by Crippen LogP contribution is -2.32. The van der Waals surface area contributed by atoms with Crippen molar-refractivity contribution in [2.45, 2.75) is 31.3 Å². The molecule has 1 aliphatic carbocycles. The SMILES string of the molecule is S=c1[nH]nc(C2CC(C3CC3)NN2)n1-c1ccc2c(c1)OCCO2. The summed E-state index contributed by atoms with van der Waals surface area (Å²) in [6, 6.07) is 6.54. The Kier molecular flexibility index (Phi) is 3.36. The van der Waals surface area contributed by atoms with Crippen molar-refractivity contribution in [1.29, 1.82) is 0 Å². The highest BCUT2D eigenvalue weighted by molar-refractivity contribution is 7.71. The molecule has 0 amide bonds. The second-order valence-electron chi connectivity index (χ2n) is 6.57.